The van der Waals surface area contributed by atoms with Crippen molar-refractivity contribution < 1.29 is 24.0 Å². The molecule has 30 heavy (non-hydrogen) atoms. The first-order valence-electron chi connectivity index (χ1n) is 9.30. The Morgan fingerprint density at radius 1 is 1.20 bits per heavy atom. The van der Waals surface area contributed by atoms with Crippen LogP contribution in [0.1, 0.15) is 28.4 Å². The maximum Gasteiger partial charge on any atom is 0.286 e. The van der Waals surface area contributed by atoms with E-state index in [4.69, 9.17) is 9.47 Å². The first-order chi connectivity index (χ1) is 14.2. The Morgan fingerprint density at radius 3 is 2.50 bits per heavy atom. The van der Waals surface area contributed by atoms with Gasteiger partial charge in [0.1, 0.15) is 5.56 Å². The van der Waals surface area contributed by atoms with Crippen LogP contribution in [0.5, 0.6) is 11.5 Å². The molecule has 0 spiro atoms. The summed E-state index contributed by atoms with van der Waals surface area (Å²) in [6.45, 7) is 5.54. The van der Waals surface area contributed by atoms with E-state index in [1.807, 2.05) is 26.0 Å². The zero-order valence-electron chi connectivity index (χ0n) is 17.6. The van der Waals surface area contributed by atoms with E-state index in [9.17, 15) is 19.7 Å². The van der Waals surface area contributed by atoms with Crippen molar-refractivity contribution in [2.24, 2.45) is 0 Å². The molecule has 0 aliphatic carbocycles. The number of aryl methyl sites for hydroxylation is 1. The molecule has 2 aromatic rings. The molecule has 0 atom stereocenters. The van der Waals surface area contributed by atoms with Crippen LogP contribution in [0.2, 0.25) is 0 Å². The van der Waals surface area contributed by atoms with Gasteiger partial charge in [0, 0.05) is 18.8 Å². The van der Waals surface area contributed by atoms with Crippen molar-refractivity contribution >= 4 is 23.2 Å². The topological polar surface area (TPSA) is 111 Å². The monoisotopic (exact) mass is 415 g/mol. The van der Waals surface area contributed by atoms with Gasteiger partial charge in [0.15, 0.2) is 11.5 Å². The van der Waals surface area contributed by atoms with Gasteiger partial charge in [-0.25, -0.2) is 0 Å². The molecule has 2 rings (SSSR count). The van der Waals surface area contributed by atoms with E-state index in [2.05, 4.69) is 5.32 Å². The highest BCUT2D eigenvalue weighted by Crippen LogP contribution is 2.35. The molecule has 0 fully saturated rings. The van der Waals surface area contributed by atoms with Gasteiger partial charge in [0.05, 0.1) is 31.3 Å². The third kappa shape index (κ3) is 5.05. The Bertz CT molecular complexity index is 973. The number of benzene rings is 2. The van der Waals surface area contributed by atoms with Crippen molar-refractivity contribution in [3.8, 4) is 11.5 Å². The van der Waals surface area contributed by atoms with Crippen molar-refractivity contribution in [2.75, 3.05) is 32.6 Å². The fourth-order valence-corrected chi connectivity index (χ4v) is 2.87. The normalized spacial score (nSPS) is 10.3. The van der Waals surface area contributed by atoms with E-state index < -0.39 is 22.4 Å². The second-order valence-electron chi connectivity index (χ2n) is 6.67. The molecular formula is C21H25N3O6. The molecule has 0 radical (unpaired) electrons. The van der Waals surface area contributed by atoms with E-state index in [1.165, 1.54) is 20.2 Å². The zero-order chi connectivity index (χ0) is 22.4. The molecule has 2 amide bonds. The number of anilines is 1. The van der Waals surface area contributed by atoms with Crippen LogP contribution in [0.15, 0.2) is 30.3 Å². The number of nitrogens with zero attached hydrogens (tertiary/aromatic N) is 2. The van der Waals surface area contributed by atoms with Gasteiger partial charge < -0.3 is 19.7 Å². The minimum Gasteiger partial charge on any atom is -0.493 e. The standard InChI is InChI=1S/C21H25N3O6/c1-6-30-19-11-17(24(27)28)15(10-18(19)29-5)21(26)23(4)12-20(25)22-16-9-7-8-13(2)14(16)3/h7-11H,6,12H2,1-5H3,(H,22,25). The summed E-state index contributed by atoms with van der Waals surface area (Å²) in [4.78, 5) is 37.2. The number of hydrogen-bond acceptors (Lipinski definition) is 6. The highest BCUT2D eigenvalue weighted by Gasteiger charge is 2.27. The van der Waals surface area contributed by atoms with Crippen molar-refractivity contribution in [1.29, 1.82) is 0 Å². The number of nitro groups is 1. The lowest BCUT2D eigenvalue weighted by atomic mass is 10.1. The minimum atomic E-state index is -0.681. The molecule has 160 valence electrons. The molecule has 0 aliphatic rings. The second-order valence-corrected chi connectivity index (χ2v) is 6.67. The third-order valence-corrected chi connectivity index (χ3v) is 4.62. The molecule has 0 aliphatic heterocycles. The molecule has 0 heterocycles. The molecule has 1 N–H and O–H groups in total. The SMILES string of the molecule is CCOc1cc([N+](=O)[O-])c(C(=O)N(C)CC(=O)Nc2cccc(C)c2C)cc1OC. The maximum atomic E-state index is 12.9. The maximum absolute atomic E-state index is 12.9. The molecule has 9 nitrogen and oxygen atoms in total. The lowest BCUT2D eigenvalue weighted by molar-refractivity contribution is -0.385. The number of rotatable bonds is 8. The van der Waals surface area contributed by atoms with Crippen molar-refractivity contribution in [3.63, 3.8) is 0 Å². The highest BCUT2D eigenvalue weighted by atomic mass is 16.6. The van der Waals surface area contributed by atoms with Gasteiger partial charge in [-0.1, -0.05) is 12.1 Å². The Morgan fingerprint density at radius 2 is 1.90 bits per heavy atom. The van der Waals surface area contributed by atoms with E-state index in [0.717, 1.165) is 22.1 Å². The fourth-order valence-electron chi connectivity index (χ4n) is 2.87. The van der Waals surface area contributed by atoms with Crippen molar-refractivity contribution in [2.45, 2.75) is 20.8 Å². The molecule has 2 aromatic carbocycles. The predicted molar refractivity (Wildman–Crippen MR) is 112 cm³/mol. The molecule has 0 saturated carbocycles. The summed E-state index contributed by atoms with van der Waals surface area (Å²) in [6.07, 6.45) is 0. The highest BCUT2D eigenvalue weighted by molar-refractivity contribution is 6.02. The molecule has 0 saturated heterocycles. The van der Waals surface area contributed by atoms with Crippen LogP contribution >= 0.6 is 0 Å². The van der Waals surface area contributed by atoms with Crippen molar-refractivity contribution in [3.05, 3.63) is 57.1 Å². The van der Waals surface area contributed by atoms with Crippen LogP contribution < -0.4 is 14.8 Å². The zero-order valence-corrected chi connectivity index (χ0v) is 17.6. The number of ether oxygens (including phenoxy) is 2. The fraction of sp³-hybridized carbons (Fsp3) is 0.333. The Labute approximate surface area is 174 Å². The first kappa shape index (κ1) is 22.7. The van der Waals surface area contributed by atoms with E-state index in [0.29, 0.717) is 5.69 Å². The number of carbonyl (C=O) groups excluding carboxylic acids is 2. The van der Waals surface area contributed by atoms with Crippen LogP contribution in [0, 0.1) is 24.0 Å². The molecular weight excluding hydrogens is 390 g/mol. The molecule has 0 bridgehead atoms. The third-order valence-electron chi connectivity index (χ3n) is 4.62. The molecule has 0 aromatic heterocycles. The summed E-state index contributed by atoms with van der Waals surface area (Å²) >= 11 is 0. The van der Waals surface area contributed by atoms with E-state index in [-0.39, 0.29) is 30.2 Å². The predicted octanol–water partition coefficient (Wildman–Crippen LogP) is 3.33. The minimum absolute atomic E-state index is 0.165. The van der Waals surface area contributed by atoms with E-state index >= 15 is 0 Å². The Kier molecular flexibility index (Phi) is 7.35. The number of methoxy groups -OCH3 is 1. The number of nitrogens with one attached hydrogen (secondary N) is 1. The number of likely N-dealkylation sites (N-methyl/N-ethyl adjacent to an activating group) is 1. The van der Waals surface area contributed by atoms with Gasteiger partial charge in [-0.15, -0.1) is 0 Å². The van der Waals surface area contributed by atoms with Crippen LogP contribution in [-0.2, 0) is 4.79 Å². The number of carbonyl (C=O) groups is 2. The lowest BCUT2D eigenvalue weighted by Crippen LogP contribution is -2.35. The van der Waals surface area contributed by atoms with Gasteiger partial charge in [-0.3, -0.25) is 19.7 Å². The van der Waals surface area contributed by atoms with Crippen LogP contribution in [-0.4, -0.2) is 48.9 Å². The van der Waals surface area contributed by atoms with Gasteiger partial charge in [0.25, 0.3) is 11.6 Å². The van der Waals surface area contributed by atoms with Gasteiger partial charge in [-0.05, 0) is 38.0 Å². The summed E-state index contributed by atoms with van der Waals surface area (Å²) in [5.74, 6) is -0.739. The molecule has 0 unspecified atom stereocenters. The summed E-state index contributed by atoms with van der Waals surface area (Å²) in [5, 5.41) is 14.3. The quantitative estimate of drug-likeness (QED) is 0.523. The lowest BCUT2D eigenvalue weighted by Gasteiger charge is -2.19. The summed E-state index contributed by atoms with van der Waals surface area (Å²) in [5.41, 5.74) is 1.98. The Hall–Kier alpha value is -3.62. The van der Waals surface area contributed by atoms with E-state index in [1.54, 1.807) is 13.0 Å². The average Bonchev–Trinajstić information content (AvgIpc) is 2.70. The second kappa shape index (κ2) is 9.73. The van der Waals surface area contributed by atoms with Crippen LogP contribution in [0.3, 0.4) is 0 Å². The largest absolute Gasteiger partial charge is 0.493 e. The average molecular weight is 415 g/mol. The summed E-state index contributed by atoms with van der Waals surface area (Å²) in [7, 11) is 2.77. The summed E-state index contributed by atoms with van der Waals surface area (Å²) in [6, 6.07) is 7.93. The molecule has 9 heteroatoms. The number of amides is 2. The van der Waals surface area contributed by atoms with Crippen LogP contribution in [0.25, 0.3) is 0 Å². The number of hydrogen-bond donors (Lipinski definition) is 1. The van der Waals surface area contributed by atoms with Crippen molar-refractivity contribution in [1.82, 2.24) is 4.90 Å². The van der Waals surface area contributed by atoms with Gasteiger partial charge in [0.2, 0.25) is 5.91 Å². The number of nitro benzene ring substituents is 1. The van der Waals surface area contributed by atoms with Gasteiger partial charge in [-0.2, -0.15) is 0 Å². The summed E-state index contributed by atoms with van der Waals surface area (Å²) < 4.78 is 10.5. The van der Waals surface area contributed by atoms with Crippen LogP contribution in [0.4, 0.5) is 11.4 Å². The first-order valence-corrected chi connectivity index (χ1v) is 9.30. The van der Waals surface area contributed by atoms with Gasteiger partial charge >= 0.3 is 0 Å². The smallest absolute Gasteiger partial charge is 0.286 e. The Balaban J connectivity index is 2.25.